The molecular formula is C9H9N5OS. The SMILES string of the molecule is NC(=O)CSc1nncn1-c1ccccn1. The maximum absolute atomic E-state index is 10.7. The average Bonchev–Trinajstić information content (AvgIpc) is 2.75. The van der Waals surface area contributed by atoms with Gasteiger partial charge in [-0.15, -0.1) is 10.2 Å². The molecule has 82 valence electrons. The Morgan fingerprint density at radius 3 is 3.06 bits per heavy atom. The fourth-order valence-electron chi connectivity index (χ4n) is 1.11. The van der Waals surface area contributed by atoms with E-state index in [-0.39, 0.29) is 11.7 Å². The number of aromatic nitrogens is 4. The van der Waals surface area contributed by atoms with Crippen molar-refractivity contribution in [3.05, 3.63) is 30.7 Å². The normalized spacial score (nSPS) is 10.2. The molecule has 1 amide bonds. The molecule has 0 fully saturated rings. The lowest BCUT2D eigenvalue weighted by Gasteiger charge is -2.03. The average molecular weight is 235 g/mol. The van der Waals surface area contributed by atoms with E-state index in [0.717, 1.165) is 0 Å². The van der Waals surface area contributed by atoms with Crippen molar-refractivity contribution in [3.63, 3.8) is 0 Å². The highest BCUT2D eigenvalue weighted by Crippen LogP contribution is 2.17. The predicted molar refractivity (Wildman–Crippen MR) is 59.1 cm³/mol. The number of hydrogen-bond donors (Lipinski definition) is 1. The summed E-state index contributed by atoms with van der Waals surface area (Å²) in [6.45, 7) is 0. The Morgan fingerprint density at radius 2 is 2.38 bits per heavy atom. The molecule has 0 saturated heterocycles. The van der Waals surface area contributed by atoms with Crippen LogP contribution in [0.5, 0.6) is 0 Å². The van der Waals surface area contributed by atoms with Gasteiger partial charge in [0.15, 0.2) is 5.16 Å². The Labute approximate surface area is 95.9 Å². The molecule has 0 bridgehead atoms. The van der Waals surface area contributed by atoms with Gasteiger partial charge in [-0.05, 0) is 12.1 Å². The first-order valence-electron chi connectivity index (χ1n) is 4.50. The molecule has 2 aromatic heterocycles. The second-order valence-electron chi connectivity index (χ2n) is 2.93. The summed E-state index contributed by atoms with van der Waals surface area (Å²) in [7, 11) is 0. The molecule has 2 rings (SSSR count). The van der Waals surface area contributed by atoms with E-state index in [1.54, 1.807) is 17.1 Å². The van der Waals surface area contributed by atoms with Gasteiger partial charge in [0.05, 0.1) is 5.75 Å². The van der Waals surface area contributed by atoms with Crippen molar-refractivity contribution < 1.29 is 4.79 Å². The number of nitrogens with zero attached hydrogens (tertiary/aromatic N) is 4. The zero-order chi connectivity index (χ0) is 11.4. The van der Waals surface area contributed by atoms with Crippen LogP contribution in [0.2, 0.25) is 0 Å². The van der Waals surface area contributed by atoms with Gasteiger partial charge in [-0.3, -0.25) is 9.36 Å². The maximum Gasteiger partial charge on any atom is 0.227 e. The van der Waals surface area contributed by atoms with Gasteiger partial charge in [0.2, 0.25) is 5.91 Å². The Hall–Kier alpha value is -1.89. The third-order valence-corrected chi connectivity index (χ3v) is 2.72. The molecule has 7 heteroatoms. The standard InChI is InChI=1S/C9H9N5OS/c10-7(15)5-16-9-13-12-6-14(9)8-3-1-2-4-11-8/h1-4,6H,5H2,(H2,10,15). The van der Waals surface area contributed by atoms with Gasteiger partial charge in [0.25, 0.3) is 0 Å². The van der Waals surface area contributed by atoms with Crippen molar-refractivity contribution in [1.29, 1.82) is 0 Å². The third kappa shape index (κ3) is 2.37. The zero-order valence-electron chi connectivity index (χ0n) is 8.28. The minimum atomic E-state index is -0.388. The Balaban J connectivity index is 2.23. The number of rotatable bonds is 4. The zero-order valence-corrected chi connectivity index (χ0v) is 9.09. The molecule has 0 atom stereocenters. The smallest absolute Gasteiger partial charge is 0.227 e. The third-order valence-electron chi connectivity index (χ3n) is 1.76. The van der Waals surface area contributed by atoms with Crippen molar-refractivity contribution in [2.45, 2.75) is 5.16 Å². The topological polar surface area (TPSA) is 86.7 Å². The van der Waals surface area contributed by atoms with E-state index in [0.29, 0.717) is 11.0 Å². The molecule has 0 aliphatic carbocycles. The lowest BCUT2D eigenvalue weighted by molar-refractivity contribution is -0.115. The molecule has 0 aromatic carbocycles. The van der Waals surface area contributed by atoms with Crippen LogP contribution >= 0.6 is 11.8 Å². The number of amides is 1. The summed E-state index contributed by atoms with van der Waals surface area (Å²) in [5.74, 6) is 0.492. The van der Waals surface area contributed by atoms with Crippen LogP contribution in [0.1, 0.15) is 0 Å². The Morgan fingerprint density at radius 1 is 1.50 bits per heavy atom. The van der Waals surface area contributed by atoms with E-state index < -0.39 is 0 Å². The van der Waals surface area contributed by atoms with Crippen molar-refractivity contribution in [2.24, 2.45) is 5.73 Å². The van der Waals surface area contributed by atoms with Gasteiger partial charge in [-0.1, -0.05) is 17.8 Å². The molecule has 2 N–H and O–H groups in total. The summed E-state index contributed by atoms with van der Waals surface area (Å²) in [5.41, 5.74) is 5.06. The van der Waals surface area contributed by atoms with E-state index in [9.17, 15) is 4.79 Å². The quantitative estimate of drug-likeness (QED) is 0.767. The van der Waals surface area contributed by atoms with E-state index in [4.69, 9.17) is 5.73 Å². The molecule has 0 unspecified atom stereocenters. The number of nitrogens with two attached hydrogens (primary N) is 1. The largest absolute Gasteiger partial charge is 0.369 e. The number of carbonyl (C=O) groups is 1. The van der Waals surface area contributed by atoms with Crippen molar-refractivity contribution in [2.75, 3.05) is 5.75 Å². The van der Waals surface area contributed by atoms with Crippen LogP contribution in [0.25, 0.3) is 5.82 Å². The summed E-state index contributed by atoms with van der Waals surface area (Å²) >= 11 is 1.23. The number of thioether (sulfide) groups is 1. The molecule has 16 heavy (non-hydrogen) atoms. The molecule has 6 nitrogen and oxygen atoms in total. The fraction of sp³-hybridized carbons (Fsp3) is 0.111. The number of pyridine rings is 1. The number of carbonyl (C=O) groups excluding carboxylic acids is 1. The molecule has 0 aliphatic heterocycles. The number of primary amides is 1. The summed E-state index contributed by atoms with van der Waals surface area (Å²) in [5, 5.41) is 8.26. The van der Waals surface area contributed by atoms with E-state index in [1.807, 2.05) is 18.2 Å². The Bertz CT molecular complexity index is 484. The maximum atomic E-state index is 10.7. The van der Waals surface area contributed by atoms with Crippen LogP contribution < -0.4 is 5.73 Å². The molecule has 0 saturated carbocycles. The fourth-order valence-corrected chi connectivity index (χ4v) is 1.77. The van der Waals surface area contributed by atoms with E-state index in [2.05, 4.69) is 15.2 Å². The van der Waals surface area contributed by atoms with Gasteiger partial charge in [-0.2, -0.15) is 0 Å². The van der Waals surface area contributed by atoms with E-state index >= 15 is 0 Å². The van der Waals surface area contributed by atoms with Gasteiger partial charge in [-0.25, -0.2) is 4.98 Å². The van der Waals surface area contributed by atoms with Gasteiger partial charge in [0.1, 0.15) is 12.1 Å². The first-order valence-corrected chi connectivity index (χ1v) is 5.48. The van der Waals surface area contributed by atoms with Crippen molar-refractivity contribution >= 4 is 17.7 Å². The van der Waals surface area contributed by atoms with Gasteiger partial charge >= 0.3 is 0 Å². The molecule has 2 aromatic rings. The molecule has 2 heterocycles. The second kappa shape index (κ2) is 4.75. The lowest BCUT2D eigenvalue weighted by atomic mass is 10.5. The molecule has 0 radical (unpaired) electrons. The molecule has 0 spiro atoms. The van der Waals surface area contributed by atoms with E-state index in [1.165, 1.54) is 11.8 Å². The minimum absolute atomic E-state index is 0.172. The minimum Gasteiger partial charge on any atom is -0.369 e. The first kappa shape index (κ1) is 10.6. The predicted octanol–water partition coefficient (Wildman–Crippen LogP) is 0.240. The van der Waals surface area contributed by atoms with Crippen LogP contribution in [0.3, 0.4) is 0 Å². The van der Waals surface area contributed by atoms with Crippen LogP contribution in [0.15, 0.2) is 35.9 Å². The van der Waals surface area contributed by atoms with Crippen LogP contribution in [-0.2, 0) is 4.79 Å². The summed E-state index contributed by atoms with van der Waals surface area (Å²) in [4.78, 5) is 14.8. The first-order chi connectivity index (χ1) is 7.77. The molecular weight excluding hydrogens is 226 g/mol. The number of hydrogen-bond acceptors (Lipinski definition) is 5. The van der Waals surface area contributed by atoms with Gasteiger partial charge in [0, 0.05) is 6.20 Å². The van der Waals surface area contributed by atoms with Crippen molar-refractivity contribution in [3.8, 4) is 5.82 Å². The summed E-state index contributed by atoms with van der Waals surface area (Å²) in [6.07, 6.45) is 3.23. The second-order valence-corrected chi connectivity index (χ2v) is 3.87. The van der Waals surface area contributed by atoms with Crippen molar-refractivity contribution in [1.82, 2.24) is 19.7 Å². The van der Waals surface area contributed by atoms with Crippen LogP contribution in [-0.4, -0.2) is 31.4 Å². The highest BCUT2D eigenvalue weighted by Gasteiger charge is 2.08. The highest BCUT2D eigenvalue weighted by molar-refractivity contribution is 7.99. The Kier molecular flexibility index (Phi) is 3.16. The highest BCUT2D eigenvalue weighted by atomic mass is 32.2. The molecule has 0 aliphatic rings. The summed E-state index contributed by atoms with van der Waals surface area (Å²) in [6, 6.07) is 5.52. The monoisotopic (exact) mass is 235 g/mol. The summed E-state index contributed by atoms with van der Waals surface area (Å²) < 4.78 is 1.70. The van der Waals surface area contributed by atoms with Crippen LogP contribution in [0.4, 0.5) is 0 Å². The van der Waals surface area contributed by atoms with Gasteiger partial charge < -0.3 is 5.73 Å². The van der Waals surface area contributed by atoms with Crippen LogP contribution in [0, 0.1) is 0 Å². The lowest BCUT2D eigenvalue weighted by Crippen LogP contribution is -2.13.